The van der Waals surface area contributed by atoms with Crippen LogP contribution in [0, 0.1) is 13.8 Å². The van der Waals surface area contributed by atoms with E-state index in [-0.39, 0.29) is 18.1 Å². The number of nitrogens with zero attached hydrogens (tertiary/aromatic N) is 2. The van der Waals surface area contributed by atoms with Crippen LogP contribution in [0.2, 0.25) is 0 Å². The molecule has 0 saturated carbocycles. The highest BCUT2D eigenvalue weighted by atomic mass is 16.2. The largest absolute Gasteiger partial charge is 0.334 e. The Labute approximate surface area is 145 Å². The SMILES string of the molecule is Cc1cc(C)c(CNC(=O)NCc2nc3ccccc3n2C)c(=O)[nH]1. The number of H-pyrrole nitrogens is 1. The van der Waals surface area contributed by atoms with Gasteiger partial charge < -0.3 is 20.2 Å². The monoisotopic (exact) mass is 339 g/mol. The number of hydrogen-bond acceptors (Lipinski definition) is 3. The molecular weight excluding hydrogens is 318 g/mol. The number of fused-ring (bicyclic) bond motifs is 1. The number of aromatic nitrogens is 3. The van der Waals surface area contributed by atoms with Crippen LogP contribution in [0.15, 0.2) is 35.1 Å². The number of aryl methyl sites for hydroxylation is 3. The fraction of sp³-hybridized carbons (Fsp3) is 0.278. The van der Waals surface area contributed by atoms with E-state index in [1.165, 1.54) is 0 Å². The average Bonchev–Trinajstić information content (AvgIpc) is 2.88. The van der Waals surface area contributed by atoms with Crippen molar-refractivity contribution in [1.29, 1.82) is 0 Å². The molecule has 2 aromatic heterocycles. The number of pyridine rings is 1. The number of carbonyl (C=O) groups excluding carboxylic acids is 1. The smallest absolute Gasteiger partial charge is 0.315 e. The molecule has 130 valence electrons. The van der Waals surface area contributed by atoms with Gasteiger partial charge in [-0.05, 0) is 37.6 Å². The van der Waals surface area contributed by atoms with E-state index < -0.39 is 0 Å². The van der Waals surface area contributed by atoms with Gasteiger partial charge in [0.05, 0.1) is 24.1 Å². The van der Waals surface area contributed by atoms with Gasteiger partial charge in [-0.2, -0.15) is 0 Å². The van der Waals surface area contributed by atoms with Crippen LogP contribution in [-0.2, 0) is 20.1 Å². The molecule has 0 aliphatic carbocycles. The minimum absolute atomic E-state index is 0.173. The van der Waals surface area contributed by atoms with Crippen LogP contribution >= 0.6 is 0 Å². The van der Waals surface area contributed by atoms with E-state index in [1.807, 2.05) is 55.8 Å². The summed E-state index contributed by atoms with van der Waals surface area (Å²) in [7, 11) is 1.92. The first-order chi connectivity index (χ1) is 12.0. The van der Waals surface area contributed by atoms with Crippen LogP contribution < -0.4 is 16.2 Å². The van der Waals surface area contributed by atoms with Crippen molar-refractivity contribution in [2.75, 3.05) is 0 Å². The molecule has 1 aromatic carbocycles. The maximum atomic E-state index is 12.0. The second kappa shape index (κ2) is 6.80. The number of imidazole rings is 1. The normalized spacial score (nSPS) is 10.8. The van der Waals surface area contributed by atoms with E-state index in [1.54, 1.807) is 0 Å². The molecule has 0 atom stereocenters. The van der Waals surface area contributed by atoms with Crippen LogP contribution in [0.25, 0.3) is 11.0 Å². The van der Waals surface area contributed by atoms with Gasteiger partial charge in [0, 0.05) is 18.3 Å². The van der Waals surface area contributed by atoms with Gasteiger partial charge >= 0.3 is 6.03 Å². The first-order valence-electron chi connectivity index (χ1n) is 8.07. The highest BCUT2D eigenvalue weighted by Crippen LogP contribution is 2.13. The molecule has 2 amide bonds. The molecule has 0 radical (unpaired) electrons. The molecule has 3 aromatic rings. The van der Waals surface area contributed by atoms with Gasteiger partial charge in [-0.3, -0.25) is 4.79 Å². The molecule has 0 aliphatic rings. The van der Waals surface area contributed by atoms with E-state index in [4.69, 9.17) is 0 Å². The number of benzene rings is 1. The summed E-state index contributed by atoms with van der Waals surface area (Å²) in [6, 6.07) is 9.35. The first-order valence-corrected chi connectivity index (χ1v) is 8.07. The molecule has 0 spiro atoms. The Bertz CT molecular complexity index is 987. The minimum atomic E-state index is -0.341. The van der Waals surface area contributed by atoms with Crippen LogP contribution in [-0.4, -0.2) is 20.6 Å². The zero-order chi connectivity index (χ0) is 18.0. The van der Waals surface area contributed by atoms with Crippen LogP contribution in [0.5, 0.6) is 0 Å². The zero-order valence-corrected chi connectivity index (χ0v) is 14.5. The number of carbonyl (C=O) groups is 1. The Kier molecular flexibility index (Phi) is 4.56. The molecule has 0 fully saturated rings. The highest BCUT2D eigenvalue weighted by Gasteiger charge is 2.10. The molecule has 3 N–H and O–H groups in total. The summed E-state index contributed by atoms with van der Waals surface area (Å²) < 4.78 is 1.95. The fourth-order valence-electron chi connectivity index (χ4n) is 2.85. The Morgan fingerprint density at radius 2 is 1.92 bits per heavy atom. The Morgan fingerprint density at radius 3 is 2.64 bits per heavy atom. The third-order valence-corrected chi connectivity index (χ3v) is 4.21. The third kappa shape index (κ3) is 3.55. The Hall–Kier alpha value is -3.09. The van der Waals surface area contributed by atoms with E-state index >= 15 is 0 Å². The highest BCUT2D eigenvalue weighted by molar-refractivity contribution is 5.76. The average molecular weight is 339 g/mol. The molecular formula is C18H21N5O2. The van der Waals surface area contributed by atoms with Gasteiger partial charge in [0.15, 0.2) is 0 Å². The molecule has 7 nitrogen and oxygen atoms in total. The van der Waals surface area contributed by atoms with Crippen molar-refractivity contribution in [1.82, 2.24) is 25.2 Å². The van der Waals surface area contributed by atoms with Crippen molar-refractivity contribution in [2.24, 2.45) is 7.05 Å². The van der Waals surface area contributed by atoms with E-state index in [0.717, 1.165) is 28.1 Å². The number of amides is 2. The number of nitrogens with one attached hydrogen (secondary N) is 3. The molecule has 0 bridgehead atoms. The lowest BCUT2D eigenvalue weighted by molar-refractivity contribution is 0.239. The maximum Gasteiger partial charge on any atom is 0.315 e. The lowest BCUT2D eigenvalue weighted by Crippen LogP contribution is -2.36. The minimum Gasteiger partial charge on any atom is -0.334 e. The molecule has 2 heterocycles. The summed E-state index contributed by atoms with van der Waals surface area (Å²) in [6.45, 7) is 4.17. The van der Waals surface area contributed by atoms with Crippen molar-refractivity contribution in [3.63, 3.8) is 0 Å². The number of hydrogen-bond donors (Lipinski definition) is 3. The summed E-state index contributed by atoms with van der Waals surface area (Å²) in [4.78, 5) is 31.2. The van der Waals surface area contributed by atoms with E-state index in [9.17, 15) is 9.59 Å². The van der Waals surface area contributed by atoms with E-state index in [0.29, 0.717) is 12.1 Å². The van der Waals surface area contributed by atoms with Crippen LogP contribution in [0.1, 0.15) is 22.6 Å². The van der Waals surface area contributed by atoms with Crippen molar-refractivity contribution in [3.8, 4) is 0 Å². The number of para-hydroxylation sites is 2. The molecule has 7 heteroatoms. The summed E-state index contributed by atoms with van der Waals surface area (Å²) in [5.74, 6) is 0.765. The Balaban J connectivity index is 1.61. The van der Waals surface area contributed by atoms with Crippen LogP contribution in [0.4, 0.5) is 4.79 Å². The van der Waals surface area contributed by atoms with Gasteiger partial charge in [0.1, 0.15) is 5.82 Å². The third-order valence-electron chi connectivity index (χ3n) is 4.21. The lowest BCUT2D eigenvalue weighted by atomic mass is 10.1. The van der Waals surface area contributed by atoms with Crippen LogP contribution in [0.3, 0.4) is 0 Å². The number of aromatic amines is 1. The molecule has 25 heavy (non-hydrogen) atoms. The van der Waals surface area contributed by atoms with Crippen molar-refractivity contribution < 1.29 is 4.79 Å². The van der Waals surface area contributed by atoms with Gasteiger partial charge in [-0.15, -0.1) is 0 Å². The van der Waals surface area contributed by atoms with Gasteiger partial charge in [0.2, 0.25) is 0 Å². The number of urea groups is 1. The first kappa shape index (κ1) is 16.8. The molecule has 3 rings (SSSR count). The molecule has 0 aliphatic heterocycles. The molecule has 0 unspecified atom stereocenters. The predicted molar refractivity (Wildman–Crippen MR) is 96.3 cm³/mol. The fourth-order valence-corrected chi connectivity index (χ4v) is 2.85. The Morgan fingerprint density at radius 1 is 1.20 bits per heavy atom. The van der Waals surface area contributed by atoms with Gasteiger partial charge in [-0.1, -0.05) is 12.1 Å². The summed E-state index contributed by atoms with van der Waals surface area (Å²) in [5, 5.41) is 5.49. The summed E-state index contributed by atoms with van der Waals surface area (Å²) in [5.41, 5.74) is 3.96. The standard InChI is InChI=1S/C18H21N5O2/c1-11-8-12(2)21-17(24)13(11)9-19-18(25)20-10-16-22-14-6-4-5-7-15(14)23(16)3/h4-8H,9-10H2,1-3H3,(H,21,24)(H2,19,20,25). The quantitative estimate of drug-likeness (QED) is 0.678. The lowest BCUT2D eigenvalue weighted by Gasteiger charge is -2.09. The van der Waals surface area contributed by atoms with Crippen molar-refractivity contribution in [3.05, 3.63) is 63.3 Å². The maximum absolute atomic E-state index is 12.0. The second-order valence-electron chi connectivity index (χ2n) is 6.06. The molecule has 0 saturated heterocycles. The topological polar surface area (TPSA) is 91.8 Å². The zero-order valence-electron chi connectivity index (χ0n) is 14.5. The predicted octanol–water partition coefficient (Wildman–Crippen LogP) is 1.88. The van der Waals surface area contributed by atoms with Crippen molar-refractivity contribution in [2.45, 2.75) is 26.9 Å². The van der Waals surface area contributed by atoms with E-state index in [2.05, 4.69) is 20.6 Å². The van der Waals surface area contributed by atoms with Crippen molar-refractivity contribution >= 4 is 17.1 Å². The number of rotatable bonds is 4. The summed E-state index contributed by atoms with van der Waals surface area (Å²) in [6.07, 6.45) is 0. The van der Waals surface area contributed by atoms with Gasteiger partial charge in [0.25, 0.3) is 5.56 Å². The second-order valence-corrected chi connectivity index (χ2v) is 6.06. The van der Waals surface area contributed by atoms with Gasteiger partial charge in [-0.25, -0.2) is 9.78 Å². The summed E-state index contributed by atoms with van der Waals surface area (Å²) >= 11 is 0.